The minimum atomic E-state index is 0.699. The van der Waals surface area contributed by atoms with Crippen LogP contribution in [0.1, 0.15) is 0 Å². The van der Waals surface area contributed by atoms with Crippen LogP contribution in [0.4, 0.5) is 0 Å². The highest BCUT2D eigenvalue weighted by Gasteiger charge is 1.85. The Balaban J connectivity index is 0.000000130. The molecule has 0 saturated heterocycles. The van der Waals surface area contributed by atoms with E-state index in [1.54, 1.807) is 11.0 Å². The molecular weight excluding hydrogens is 333 g/mol. The SMILES string of the molecule is C1=CSCS1.S=c1[nH][nH]c(=S)s1.c1nncs1. The van der Waals surface area contributed by atoms with Gasteiger partial charge in [-0.15, -0.1) is 45.1 Å². The predicted octanol–water partition coefficient (Wildman–Crippen LogP) is 4.30. The van der Waals surface area contributed by atoms with E-state index in [0.29, 0.717) is 7.91 Å². The Morgan fingerprint density at radius 3 is 1.71 bits per heavy atom. The van der Waals surface area contributed by atoms with Crippen LogP contribution in [0.25, 0.3) is 0 Å². The molecule has 3 heterocycles. The summed E-state index contributed by atoms with van der Waals surface area (Å²) in [6.45, 7) is 0. The normalized spacial score (nSPS) is 12.2. The fourth-order valence-corrected chi connectivity index (χ4v) is 3.55. The van der Waals surface area contributed by atoms with Gasteiger partial charge >= 0.3 is 0 Å². The molecule has 0 unspecified atom stereocenters. The molecule has 2 aromatic heterocycles. The molecule has 0 radical (unpaired) electrons. The minimum absolute atomic E-state index is 0.699. The van der Waals surface area contributed by atoms with Crippen LogP contribution in [0.5, 0.6) is 0 Å². The molecule has 0 spiro atoms. The van der Waals surface area contributed by atoms with E-state index in [-0.39, 0.29) is 0 Å². The Morgan fingerprint density at radius 1 is 1.00 bits per heavy atom. The van der Waals surface area contributed by atoms with Crippen molar-refractivity contribution in [3.05, 3.63) is 29.7 Å². The van der Waals surface area contributed by atoms with Gasteiger partial charge in [0.15, 0.2) is 7.91 Å². The maximum Gasteiger partial charge on any atom is 0.175 e. The van der Waals surface area contributed by atoms with E-state index in [1.165, 1.54) is 27.8 Å². The van der Waals surface area contributed by atoms with Crippen molar-refractivity contribution in [2.75, 3.05) is 5.08 Å². The van der Waals surface area contributed by atoms with E-state index >= 15 is 0 Å². The Hall–Kier alpha value is -0.000000000000000139. The molecule has 2 aromatic rings. The average Bonchev–Trinajstić information content (AvgIpc) is 3.03. The molecular formula is C7H8N4S6. The van der Waals surface area contributed by atoms with Crippen molar-refractivity contribution < 1.29 is 0 Å². The lowest BCUT2D eigenvalue weighted by Crippen LogP contribution is -1.60. The first-order chi connectivity index (χ1) is 8.29. The molecule has 1 aliphatic rings. The first kappa shape index (κ1) is 15.1. The van der Waals surface area contributed by atoms with Crippen molar-refractivity contribution in [2.24, 2.45) is 0 Å². The second-order valence-electron chi connectivity index (χ2n) is 2.23. The fourth-order valence-electron chi connectivity index (χ4n) is 0.570. The van der Waals surface area contributed by atoms with Gasteiger partial charge in [0, 0.05) is 5.08 Å². The predicted molar refractivity (Wildman–Crippen MR) is 83.8 cm³/mol. The first-order valence-corrected chi connectivity index (χ1v) is 8.81. The van der Waals surface area contributed by atoms with E-state index in [2.05, 4.69) is 31.2 Å². The van der Waals surface area contributed by atoms with Gasteiger partial charge < -0.3 is 0 Å². The zero-order valence-electron chi connectivity index (χ0n) is 8.36. The van der Waals surface area contributed by atoms with Gasteiger partial charge in [0.25, 0.3) is 0 Å². The van der Waals surface area contributed by atoms with Gasteiger partial charge in [-0.1, -0.05) is 11.3 Å². The summed E-state index contributed by atoms with van der Waals surface area (Å²) in [4.78, 5) is 0. The van der Waals surface area contributed by atoms with Crippen LogP contribution < -0.4 is 0 Å². The van der Waals surface area contributed by atoms with Crippen LogP contribution in [0.15, 0.2) is 21.8 Å². The molecule has 92 valence electrons. The average molecular weight is 341 g/mol. The van der Waals surface area contributed by atoms with Gasteiger partial charge in [-0.25, -0.2) is 0 Å². The summed E-state index contributed by atoms with van der Waals surface area (Å²) in [5.74, 6) is 0. The number of nitrogens with zero attached hydrogens (tertiary/aromatic N) is 2. The molecule has 0 fully saturated rings. The number of thioether (sulfide) groups is 2. The molecule has 10 heteroatoms. The topological polar surface area (TPSA) is 57.4 Å². The summed E-state index contributed by atoms with van der Waals surface area (Å²) in [6.07, 6.45) is 0. The largest absolute Gasteiger partial charge is 0.281 e. The molecule has 0 amide bonds. The molecule has 4 nitrogen and oxygen atoms in total. The molecule has 2 N–H and O–H groups in total. The van der Waals surface area contributed by atoms with Gasteiger partial charge in [0.2, 0.25) is 0 Å². The maximum absolute atomic E-state index is 4.70. The van der Waals surface area contributed by atoms with Gasteiger partial charge in [-0.2, -0.15) is 0 Å². The number of rotatable bonds is 0. The standard InChI is InChI=1S/C3H4S2.C2H2N2S3.C2H2N2S/c1-2-5-3-4-1;5-1-3-4-2(6)7-1;1-3-4-2-5-1/h1-2H,3H2;(H,3,5)(H,4,6);1-2H. The molecule has 3 rings (SSSR count). The summed E-state index contributed by atoms with van der Waals surface area (Å²) in [5.41, 5.74) is 3.36. The van der Waals surface area contributed by atoms with Crippen molar-refractivity contribution in [2.45, 2.75) is 0 Å². The highest BCUT2D eigenvalue weighted by molar-refractivity contribution is 8.21. The number of aromatic nitrogens is 4. The third kappa shape index (κ3) is 8.69. The summed E-state index contributed by atoms with van der Waals surface area (Å²) < 4.78 is 1.40. The van der Waals surface area contributed by atoms with Crippen LogP contribution in [-0.2, 0) is 0 Å². The summed E-state index contributed by atoms with van der Waals surface area (Å²) in [5, 5.41) is 17.8. The van der Waals surface area contributed by atoms with Crippen LogP contribution in [0.3, 0.4) is 0 Å². The van der Waals surface area contributed by atoms with Crippen molar-refractivity contribution in [1.82, 2.24) is 20.4 Å². The molecule has 0 aliphatic carbocycles. The Morgan fingerprint density at radius 2 is 1.53 bits per heavy atom. The molecule has 0 aromatic carbocycles. The smallest absolute Gasteiger partial charge is 0.175 e. The highest BCUT2D eigenvalue weighted by atomic mass is 32.2. The first-order valence-electron chi connectivity index (χ1n) is 4.14. The van der Waals surface area contributed by atoms with Crippen molar-refractivity contribution >= 4 is 70.6 Å². The Kier molecular flexibility index (Phi) is 8.83. The Labute approximate surface area is 125 Å². The molecule has 0 atom stereocenters. The molecule has 0 saturated carbocycles. The lowest BCUT2D eigenvalue weighted by molar-refractivity contribution is 1.07. The third-order valence-corrected chi connectivity index (χ3v) is 4.75. The number of hydrogen-bond acceptors (Lipinski definition) is 8. The van der Waals surface area contributed by atoms with E-state index in [4.69, 9.17) is 24.4 Å². The van der Waals surface area contributed by atoms with E-state index in [1.807, 2.05) is 23.5 Å². The third-order valence-electron chi connectivity index (χ3n) is 1.12. The van der Waals surface area contributed by atoms with Gasteiger partial charge in [0.05, 0.1) is 0 Å². The summed E-state index contributed by atoms with van der Waals surface area (Å²) in [7, 11) is 0. The van der Waals surface area contributed by atoms with Gasteiger partial charge in [-0.3, -0.25) is 10.2 Å². The minimum Gasteiger partial charge on any atom is -0.281 e. The zero-order valence-corrected chi connectivity index (χ0v) is 13.3. The van der Waals surface area contributed by atoms with Crippen molar-refractivity contribution in [1.29, 1.82) is 0 Å². The second-order valence-corrected chi connectivity index (χ2v) is 7.43. The van der Waals surface area contributed by atoms with E-state index < -0.39 is 0 Å². The molecule has 17 heavy (non-hydrogen) atoms. The van der Waals surface area contributed by atoms with Gasteiger partial charge in [0.1, 0.15) is 11.0 Å². The summed E-state index contributed by atoms with van der Waals surface area (Å²) in [6, 6.07) is 0. The van der Waals surface area contributed by atoms with Crippen LogP contribution >= 0.6 is 70.6 Å². The fraction of sp³-hybridized carbons (Fsp3) is 0.143. The molecule has 0 bridgehead atoms. The number of hydrogen-bond donors (Lipinski definition) is 2. The lowest BCUT2D eigenvalue weighted by atomic mass is 11.3. The monoisotopic (exact) mass is 340 g/mol. The Bertz CT molecular complexity index is 461. The summed E-state index contributed by atoms with van der Waals surface area (Å²) >= 11 is 16.0. The quantitative estimate of drug-likeness (QED) is 0.698. The number of H-pyrrole nitrogens is 2. The lowest BCUT2D eigenvalue weighted by Gasteiger charge is -1.69. The second kappa shape index (κ2) is 9.97. The van der Waals surface area contributed by atoms with E-state index in [0.717, 1.165) is 0 Å². The number of nitrogens with one attached hydrogen (secondary N) is 2. The highest BCUT2D eigenvalue weighted by Crippen LogP contribution is 2.22. The van der Waals surface area contributed by atoms with Crippen LogP contribution in [-0.4, -0.2) is 25.5 Å². The van der Waals surface area contributed by atoms with Crippen molar-refractivity contribution in [3.8, 4) is 0 Å². The molecule has 1 aliphatic heterocycles. The van der Waals surface area contributed by atoms with E-state index in [9.17, 15) is 0 Å². The van der Waals surface area contributed by atoms with Crippen LogP contribution in [0.2, 0.25) is 0 Å². The van der Waals surface area contributed by atoms with Crippen LogP contribution in [0, 0.1) is 7.91 Å². The van der Waals surface area contributed by atoms with Crippen molar-refractivity contribution in [3.63, 3.8) is 0 Å². The van der Waals surface area contributed by atoms with Gasteiger partial charge in [-0.05, 0) is 35.3 Å². The maximum atomic E-state index is 4.70. The number of aromatic amines is 2. The zero-order chi connectivity index (χ0) is 12.3.